The molecule has 5 heteroatoms. The molecule has 1 aliphatic rings. The van der Waals surface area contributed by atoms with Crippen LogP contribution in [0.1, 0.15) is 107 Å². The number of rotatable bonds is 15. The lowest BCUT2D eigenvalue weighted by Gasteiger charge is -2.37. The summed E-state index contributed by atoms with van der Waals surface area (Å²) in [5, 5.41) is 0. The molecule has 2 aromatic carbocycles. The van der Waals surface area contributed by atoms with E-state index in [0.717, 1.165) is 84.9 Å². The van der Waals surface area contributed by atoms with Crippen molar-refractivity contribution in [3.05, 3.63) is 118 Å². The van der Waals surface area contributed by atoms with Crippen LogP contribution in [0.15, 0.2) is 89.8 Å². The summed E-state index contributed by atoms with van der Waals surface area (Å²) in [6.45, 7) is 15.2. The Morgan fingerprint density at radius 2 is 1.48 bits per heavy atom. The molecule has 0 spiro atoms. The number of benzene rings is 2. The Kier molecular flexibility index (Phi) is 13.9. The summed E-state index contributed by atoms with van der Waals surface area (Å²) >= 11 is 0. The van der Waals surface area contributed by atoms with Crippen LogP contribution in [-0.2, 0) is 17.8 Å². The van der Waals surface area contributed by atoms with Gasteiger partial charge in [0.15, 0.2) is 12.4 Å². The molecule has 0 fully saturated rings. The molecule has 1 atom stereocenters. The van der Waals surface area contributed by atoms with Gasteiger partial charge in [-0.3, -0.25) is 0 Å². The van der Waals surface area contributed by atoms with E-state index in [1.165, 1.54) is 22.4 Å². The van der Waals surface area contributed by atoms with E-state index in [4.69, 9.17) is 9.47 Å². The number of carbonyl (C=O) groups is 1. The zero-order chi connectivity index (χ0) is 36.3. The van der Waals surface area contributed by atoms with Gasteiger partial charge in [-0.25, -0.2) is 4.79 Å². The van der Waals surface area contributed by atoms with Crippen LogP contribution in [0, 0.1) is 13.8 Å². The predicted octanol–water partition coefficient (Wildman–Crippen LogP) is 10.7. The average Bonchev–Trinajstić information content (AvgIpc) is 3.06. The van der Waals surface area contributed by atoms with E-state index >= 15 is 0 Å². The molecular formula is C45H59N2O3+. The second-order valence-electron chi connectivity index (χ2n) is 14.8. The molecule has 0 saturated carbocycles. The number of pyridine rings is 1. The van der Waals surface area contributed by atoms with Crippen molar-refractivity contribution in [3.8, 4) is 11.5 Å². The molecule has 1 aromatic heterocycles. The first-order valence-electron chi connectivity index (χ1n) is 18.2. The van der Waals surface area contributed by atoms with Crippen molar-refractivity contribution in [2.24, 2.45) is 0 Å². The van der Waals surface area contributed by atoms with Crippen molar-refractivity contribution in [2.75, 3.05) is 19.0 Å². The van der Waals surface area contributed by atoms with Gasteiger partial charge >= 0.3 is 5.97 Å². The monoisotopic (exact) mass is 675 g/mol. The molecule has 5 nitrogen and oxygen atoms in total. The molecule has 0 radical (unpaired) electrons. The number of nitrogens with zero attached hydrogens (tertiary/aromatic N) is 2. The fourth-order valence-corrected chi connectivity index (χ4v) is 6.43. The third-order valence-corrected chi connectivity index (χ3v) is 9.67. The maximum atomic E-state index is 13.1. The molecule has 0 aliphatic carbocycles. The van der Waals surface area contributed by atoms with E-state index in [1.807, 2.05) is 57.0 Å². The SMILES string of the molecule is CC(C)=CCC/C(C)=C/CC/C(C)=C/CCC1(C)CCc2c(cc(C)c(OC(=O)C[n+]3ccc(/C=C/c4ccc(N(C)C)cc4)cc3)c2C)O1. The van der Waals surface area contributed by atoms with Crippen LogP contribution in [0.5, 0.6) is 11.5 Å². The van der Waals surface area contributed by atoms with Gasteiger partial charge in [0.05, 0.1) is 0 Å². The largest absolute Gasteiger partial charge is 0.487 e. The quantitative estimate of drug-likeness (QED) is 0.0696. The minimum absolute atomic E-state index is 0.139. The Labute approximate surface area is 302 Å². The van der Waals surface area contributed by atoms with Crippen molar-refractivity contribution < 1.29 is 18.8 Å². The van der Waals surface area contributed by atoms with Gasteiger partial charge in [-0.2, -0.15) is 4.57 Å². The third kappa shape index (κ3) is 11.6. The highest BCUT2D eigenvalue weighted by Gasteiger charge is 2.33. The highest BCUT2D eigenvalue weighted by atomic mass is 16.5. The number of hydrogen-bond acceptors (Lipinski definition) is 4. The zero-order valence-electron chi connectivity index (χ0n) is 32.1. The summed E-state index contributed by atoms with van der Waals surface area (Å²) in [5.41, 5.74) is 10.6. The van der Waals surface area contributed by atoms with Gasteiger partial charge in [-0.1, -0.05) is 59.2 Å². The first-order valence-corrected chi connectivity index (χ1v) is 18.2. The summed E-state index contributed by atoms with van der Waals surface area (Å²) < 4.78 is 14.5. The first kappa shape index (κ1) is 38.4. The maximum absolute atomic E-state index is 13.1. The number of esters is 1. The second-order valence-corrected chi connectivity index (χ2v) is 14.8. The summed E-state index contributed by atoms with van der Waals surface area (Å²) in [5.74, 6) is 1.29. The minimum atomic E-state index is -0.288. The van der Waals surface area contributed by atoms with Crippen LogP contribution in [0.25, 0.3) is 12.2 Å². The van der Waals surface area contributed by atoms with Crippen molar-refractivity contribution in [1.29, 1.82) is 0 Å². The predicted molar refractivity (Wildman–Crippen MR) is 210 cm³/mol. The fourth-order valence-electron chi connectivity index (χ4n) is 6.43. The van der Waals surface area contributed by atoms with Gasteiger partial charge < -0.3 is 14.4 Å². The van der Waals surface area contributed by atoms with Crippen LogP contribution < -0.4 is 18.9 Å². The Morgan fingerprint density at radius 3 is 2.10 bits per heavy atom. The van der Waals surface area contributed by atoms with Gasteiger partial charge in [0, 0.05) is 37.5 Å². The van der Waals surface area contributed by atoms with Crippen molar-refractivity contribution >= 4 is 23.8 Å². The van der Waals surface area contributed by atoms with Crippen LogP contribution in [0.2, 0.25) is 0 Å². The van der Waals surface area contributed by atoms with E-state index in [2.05, 4.69) is 100 Å². The molecule has 1 unspecified atom stereocenters. The van der Waals surface area contributed by atoms with Gasteiger partial charge in [0.1, 0.15) is 17.1 Å². The molecule has 2 heterocycles. The Morgan fingerprint density at radius 1 is 0.880 bits per heavy atom. The number of fused-ring (bicyclic) bond motifs is 1. The van der Waals surface area contributed by atoms with Crippen molar-refractivity contribution in [2.45, 2.75) is 112 Å². The number of ether oxygens (including phenoxy) is 2. The molecule has 266 valence electrons. The summed E-state index contributed by atoms with van der Waals surface area (Å²) in [4.78, 5) is 15.1. The minimum Gasteiger partial charge on any atom is -0.487 e. The van der Waals surface area contributed by atoms with Crippen LogP contribution in [-0.4, -0.2) is 25.7 Å². The van der Waals surface area contributed by atoms with Gasteiger partial charge in [-0.05, 0) is 140 Å². The normalized spacial score (nSPS) is 16.2. The van der Waals surface area contributed by atoms with E-state index in [0.29, 0.717) is 5.75 Å². The summed E-state index contributed by atoms with van der Waals surface area (Å²) in [7, 11) is 4.08. The zero-order valence-corrected chi connectivity index (χ0v) is 32.1. The smallest absolute Gasteiger partial charge is 0.378 e. The van der Waals surface area contributed by atoms with Gasteiger partial charge in [0.2, 0.25) is 6.54 Å². The standard InChI is InChI=1S/C45H59N2O3/c1-33(2)13-10-14-34(3)15-11-16-35(4)17-12-27-45(7)28-24-41-37(6)44(36(5)31-42(41)50-45)49-43(48)32-47-29-25-39(26-30-47)19-18-38-20-22-40(23-21-38)46(8)9/h13,15,17-23,25-26,29-31H,10-12,14,16,24,27-28,32H2,1-9H3/q+1/b34-15+,35-17+. The lowest BCUT2D eigenvalue weighted by Crippen LogP contribution is -2.39. The molecule has 3 aromatic rings. The molecule has 50 heavy (non-hydrogen) atoms. The lowest BCUT2D eigenvalue weighted by atomic mass is 9.86. The first-order chi connectivity index (χ1) is 23.8. The molecule has 0 saturated heterocycles. The molecule has 0 amide bonds. The Bertz CT molecular complexity index is 1720. The van der Waals surface area contributed by atoms with E-state index < -0.39 is 0 Å². The number of anilines is 1. The average molecular weight is 676 g/mol. The topological polar surface area (TPSA) is 42.7 Å². The maximum Gasteiger partial charge on any atom is 0.378 e. The van der Waals surface area contributed by atoms with E-state index in [9.17, 15) is 4.79 Å². The van der Waals surface area contributed by atoms with E-state index in [1.54, 1.807) is 0 Å². The highest BCUT2D eigenvalue weighted by Crippen LogP contribution is 2.42. The Hall–Kier alpha value is -4.38. The van der Waals surface area contributed by atoms with Crippen LogP contribution in [0.3, 0.4) is 0 Å². The number of aromatic nitrogens is 1. The summed E-state index contributed by atoms with van der Waals surface area (Å²) in [6, 6.07) is 14.5. The highest BCUT2D eigenvalue weighted by molar-refractivity contribution is 5.73. The molecular weight excluding hydrogens is 617 g/mol. The van der Waals surface area contributed by atoms with Crippen molar-refractivity contribution in [1.82, 2.24) is 0 Å². The number of allylic oxidation sites excluding steroid dienone is 6. The molecule has 0 N–H and O–H groups in total. The lowest BCUT2D eigenvalue weighted by molar-refractivity contribution is -0.685. The number of carbonyl (C=O) groups excluding carboxylic acids is 1. The summed E-state index contributed by atoms with van der Waals surface area (Å²) in [6.07, 6.45) is 23.4. The van der Waals surface area contributed by atoms with E-state index in [-0.39, 0.29) is 18.1 Å². The second kappa shape index (κ2) is 18.0. The van der Waals surface area contributed by atoms with Gasteiger partial charge in [0.25, 0.3) is 0 Å². The van der Waals surface area contributed by atoms with Crippen LogP contribution in [0.4, 0.5) is 5.69 Å². The molecule has 1 aliphatic heterocycles. The van der Waals surface area contributed by atoms with Gasteiger partial charge in [-0.15, -0.1) is 0 Å². The fraction of sp³-hybridized carbons (Fsp3) is 0.422. The van der Waals surface area contributed by atoms with Crippen molar-refractivity contribution in [3.63, 3.8) is 0 Å². The number of hydrogen-bond donors (Lipinski definition) is 0. The molecule has 4 rings (SSSR count). The number of aryl methyl sites for hydroxylation is 1. The Balaban J connectivity index is 1.28. The van der Waals surface area contributed by atoms with Crippen LogP contribution >= 0.6 is 0 Å². The third-order valence-electron chi connectivity index (χ3n) is 9.67. The molecule has 0 bridgehead atoms.